The van der Waals surface area contributed by atoms with Gasteiger partial charge in [-0.25, -0.2) is 0 Å². The molecule has 0 bridgehead atoms. The van der Waals surface area contributed by atoms with E-state index in [1.54, 1.807) is 11.8 Å². The van der Waals surface area contributed by atoms with Crippen LogP contribution in [-0.4, -0.2) is 35.7 Å². The molecule has 1 heterocycles. The Labute approximate surface area is 139 Å². The number of nitrogens with zero attached hydrogens (tertiary/aromatic N) is 1. The van der Waals surface area contributed by atoms with E-state index < -0.39 is 0 Å². The smallest absolute Gasteiger partial charge is 0.232 e. The van der Waals surface area contributed by atoms with Gasteiger partial charge in [-0.15, -0.1) is 11.8 Å². The summed E-state index contributed by atoms with van der Waals surface area (Å²) in [6.45, 7) is 7.89. The zero-order chi connectivity index (χ0) is 15.6. The van der Waals surface area contributed by atoms with Gasteiger partial charge in [0.15, 0.2) is 0 Å². The second-order valence-electron chi connectivity index (χ2n) is 6.40. The Bertz CT molecular complexity index is 533. The minimum absolute atomic E-state index is 0.00606. The molecule has 1 aromatic rings. The van der Waals surface area contributed by atoms with Crippen LogP contribution in [0.15, 0.2) is 27.6 Å². The Balaban J connectivity index is 1.93. The molecular weight excluding hydrogens is 348 g/mol. The van der Waals surface area contributed by atoms with Crippen LogP contribution in [0.2, 0.25) is 0 Å². The molecule has 116 valence electrons. The predicted octanol–water partition coefficient (Wildman–Crippen LogP) is 3.44. The molecular formula is C16H23BrN2OS. The van der Waals surface area contributed by atoms with Crippen molar-refractivity contribution in [1.29, 1.82) is 0 Å². The second kappa shape index (κ2) is 6.71. The van der Waals surface area contributed by atoms with Crippen molar-refractivity contribution in [1.82, 2.24) is 4.90 Å². The van der Waals surface area contributed by atoms with Gasteiger partial charge in [0, 0.05) is 28.5 Å². The van der Waals surface area contributed by atoms with Gasteiger partial charge in [-0.05, 0) is 42.5 Å². The maximum atomic E-state index is 12.4. The third-order valence-corrected chi connectivity index (χ3v) is 5.81. The molecule has 0 saturated carbocycles. The van der Waals surface area contributed by atoms with E-state index in [1.807, 2.05) is 11.0 Å². The van der Waals surface area contributed by atoms with Gasteiger partial charge >= 0.3 is 0 Å². The molecule has 1 aliphatic heterocycles. The van der Waals surface area contributed by atoms with Crippen molar-refractivity contribution in [3.8, 4) is 0 Å². The van der Waals surface area contributed by atoms with Crippen LogP contribution in [0.1, 0.15) is 25.8 Å². The zero-order valence-corrected chi connectivity index (χ0v) is 15.3. The fourth-order valence-electron chi connectivity index (χ4n) is 2.59. The molecule has 1 fully saturated rings. The molecule has 3 nitrogen and oxygen atoms in total. The minimum Gasteiger partial charge on any atom is -0.341 e. The summed E-state index contributed by atoms with van der Waals surface area (Å²) in [5.74, 6) is 0.704. The molecule has 0 radical (unpaired) electrons. The number of hydrogen-bond acceptors (Lipinski definition) is 3. The average Bonchev–Trinajstić information content (AvgIpc) is 2.40. The number of carbonyl (C=O) groups is 1. The van der Waals surface area contributed by atoms with E-state index in [-0.39, 0.29) is 17.4 Å². The number of amides is 1. The van der Waals surface area contributed by atoms with Crippen molar-refractivity contribution in [2.24, 2.45) is 11.1 Å². The third-order valence-electron chi connectivity index (χ3n) is 4.15. The Morgan fingerprint density at radius 2 is 2.24 bits per heavy atom. The number of carbonyl (C=O) groups excluding carboxylic acids is 1. The minimum atomic E-state index is 0.00606. The summed E-state index contributed by atoms with van der Waals surface area (Å²) in [4.78, 5) is 15.5. The number of rotatable bonds is 3. The lowest BCUT2D eigenvalue weighted by molar-refractivity contribution is -0.131. The Kier molecular flexibility index (Phi) is 5.38. The molecule has 0 spiro atoms. The number of piperidine rings is 1. The van der Waals surface area contributed by atoms with Crippen molar-refractivity contribution < 1.29 is 4.79 Å². The molecule has 21 heavy (non-hydrogen) atoms. The molecule has 2 N–H and O–H groups in total. The van der Waals surface area contributed by atoms with E-state index in [1.165, 1.54) is 10.5 Å². The van der Waals surface area contributed by atoms with Gasteiger partial charge in [0.1, 0.15) is 0 Å². The predicted molar refractivity (Wildman–Crippen MR) is 92.6 cm³/mol. The SMILES string of the molecule is Cc1cc(Br)ccc1SCC(=O)N1CCC(N)C(C)(C)C1. The molecule has 0 aromatic heterocycles. The van der Waals surface area contributed by atoms with Gasteiger partial charge in [0.05, 0.1) is 5.75 Å². The Morgan fingerprint density at radius 1 is 1.52 bits per heavy atom. The fourth-order valence-corrected chi connectivity index (χ4v) is 3.98. The molecule has 1 unspecified atom stereocenters. The first-order valence-corrected chi connectivity index (χ1v) is 9.00. The third kappa shape index (κ3) is 4.24. The number of likely N-dealkylation sites (tertiary alicyclic amines) is 1. The lowest BCUT2D eigenvalue weighted by Gasteiger charge is -2.42. The first-order valence-electron chi connectivity index (χ1n) is 7.22. The Hall–Kier alpha value is -0.520. The van der Waals surface area contributed by atoms with Crippen LogP contribution in [0.4, 0.5) is 0 Å². The summed E-state index contributed by atoms with van der Waals surface area (Å²) in [6.07, 6.45) is 0.890. The first-order chi connectivity index (χ1) is 9.79. The summed E-state index contributed by atoms with van der Waals surface area (Å²) in [6, 6.07) is 6.34. The van der Waals surface area contributed by atoms with Crippen molar-refractivity contribution in [3.05, 3.63) is 28.2 Å². The summed E-state index contributed by atoms with van der Waals surface area (Å²) < 4.78 is 1.07. The highest BCUT2D eigenvalue weighted by Gasteiger charge is 2.35. The van der Waals surface area contributed by atoms with Gasteiger partial charge in [-0.3, -0.25) is 4.79 Å². The zero-order valence-electron chi connectivity index (χ0n) is 12.9. The van der Waals surface area contributed by atoms with Crippen LogP contribution in [0, 0.1) is 12.3 Å². The summed E-state index contributed by atoms with van der Waals surface area (Å²) in [5.41, 5.74) is 7.33. The lowest BCUT2D eigenvalue weighted by atomic mass is 9.80. The van der Waals surface area contributed by atoms with Crippen LogP contribution >= 0.6 is 27.7 Å². The first kappa shape index (κ1) is 16.8. The molecule has 1 saturated heterocycles. The number of benzene rings is 1. The number of nitrogens with two attached hydrogens (primary N) is 1. The molecule has 2 rings (SSSR count). The quantitative estimate of drug-likeness (QED) is 0.828. The van der Waals surface area contributed by atoms with E-state index in [9.17, 15) is 4.79 Å². The van der Waals surface area contributed by atoms with E-state index >= 15 is 0 Å². The summed E-state index contributed by atoms with van der Waals surface area (Å²) in [5, 5.41) is 0. The van der Waals surface area contributed by atoms with E-state index in [0.717, 1.165) is 24.0 Å². The summed E-state index contributed by atoms with van der Waals surface area (Å²) >= 11 is 5.08. The Morgan fingerprint density at radius 3 is 2.86 bits per heavy atom. The van der Waals surface area contributed by atoms with Crippen LogP contribution < -0.4 is 5.73 Å². The lowest BCUT2D eigenvalue weighted by Crippen LogP contribution is -2.54. The normalized spacial score (nSPS) is 21.4. The standard InChI is InChI=1S/C16H23BrN2OS/c1-11-8-12(17)4-5-13(11)21-9-15(20)19-7-6-14(18)16(2,3)10-19/h4-5,8,14H,6-7,9-10,18H2,1-3H3. The fraction of sp³-hybridized carbons (Fsp3) is 0.562. The summed E-state index contributed by atoms with van der Waals surface area (Å²) in [7, 11) is 0. The molecule has 1 amide bonds. The van der Waals surface area contributed by atoms with Gasteiger partial charge in [-0.2, -0.15) is 0 Å². The van der Waals surface area contributed by atoms with Gasteiger partial charge in [-0.1, -0.05) is 29.8 Å². The van der Waals surface area contributed by atoms with Crippen molar-refractivity contribution >= 4 is 33.6 Å². The number of hydrogen-bond donors (Lipinski definition) is 1. The van der Waals surface area contributed by atoms with Gasteiger partial charge in [0.2, 0.25) is 5.91 Å². The molecule has 1 atom stereocenters. The van der Waals surface area contributed by atoms with E-state index in [4.69, 9.17) is 5.73 Å². The highest BCUT2D eigenvalue weighted by atomic mass is 79.9. The highest BCUT2D eigenvalue weighted by molar-refractivity contribution is 9.10. The van der Waals surface area contributed by atoms with Crippen molar-refractivity contribution in [2.45, 2.75) is 38.1 Å². The van der Waals surface area contributed by atoms with Gasteiger partial charge < -0.3 is 10.6 Å². The van der Waals surface area contributed by atoms with E-state index in [2.05, 4.69) is 48.8 Å². The molecule has 1 aliphatic rings. The number of thioether (sulfide) groups is 1. The highest BCUT2D eigenvalue weighted by Crippen LogP contribution is 2.29. The largest absolute Gasteiger partial charge is 0.341 e. The maximum absolute atomic E-state index is 12.4. The topological polar surface area (TPSA) is 46.3 Å². The van der Waals surface area contributed by atoms with Crippen LogP contribution in [0.5, 0.6) is 0 Å². The monoisotopic (exact) mass is 370 g/mol. The van der Waals surface area contributed by atoms with Crippen LogP contribution in [0.25, 0.3) is 0 Å². The average molecular weight is 371 g/mol. The molecule has 5 heteroatoms. The van der Waals surface area contributed by atoms with Crippen molar-refractivity contribution in [3.63, 3.8) is 0 Å². The molecule has 1 aromatic carbocycles. The van der Waals surface area contributed by atoms with Crippen molar-refractivity contribution in [2.75, 3.05) is 18.8 Å². The maximum Gasteiger partial charge on any atom is 0.232 e. The number of halogens is 1. The number of aryl methyl sites for hydroxylation is 1. The van der Waals surface area contributed by atoms with Gasteiger partial charge in [0.25, 0.3) is 0 Å². The van der Waals surface area contributed by atoms with E-state index in [0.29, 0.717) is 5.75 Å². The van der Waals surface area contributed by atoms with Crippen LogP contribution in [-0.2, 0) is 4.79 Å². The molecule has 0 aliphatic carbocycles. The van der Waals surface area contributed by atoms with Crippen LogP contribution in [0.3, 0.4) is 0 Å². The second-order valence-corrected chi connectivity index (χ2v) is 8.33.